The van der Waals surface area contributed by atoms with E-state index in [1.807, 2.05) is 0 Å². The van der Waals surface area contributed by atoms with Crippen LogP contribution in [0.25, 0.3) is 0 Å². The maximum absolute atomic E-state index is 13.7. The van der Waals surface area contributed by atoms with Gasteiger partial charge in [0.1, 0.15) is 17.4 Å². The van der Waals surface area contributed by atoms with Gasteiger partial charge >= 0.3 is 5.97 Å². The maximum atomic E-state index is 13.7. The number of para-hydroxylation sites is 2. The minimum Gasteiger partial charge on any atom is -0.477 e. The van der Waals surface area contributed by atoms with Gasteiger partial charge in [0.25, 0.3) is 11.8 Å². The van der Waals surface area contributed by atoms with E-state index in [4.69, 9.17) is 9.47 Å². The van der Waals surface area contributed by atoms with Crippen LogP contribution in [0, 0.1) is 11.6 Å². The first kappa shape index (κ1) is 19.3. The van der Waals surface area contributed by atoms with E-state index in [1.54, 1.807) is 24.3 Å². The third kappa shape index (κ3) is 3.93. The summed E-state index contributed by atoms with van der Waals surface area (Å²) >= 11 is 0. The Labute approximate surface area is 158 Å². The van der Waals surface area contributed by atoms with E-state index in [0.29, 0.717) is 17.5 Å². The molecule has 1 atom stereocenters. The molecule has 2 amide bonds. The average Bonchev–Trinajstić information content (AvgIpc) is 2.70. The highest BCUT2D eigenvalue weighted by molar-refractivity contribution is 5.99. The molecule has 1 heterocycles. The summed E-state index contributed by atoms with van der Waals surface area (Å²) in [4.78, 5) is 37.8. The molecule has 1 aliphatic heterocycles. The highest BCUT2D eigenvalue weighted by atomic mass is 19.1. The molecule has 2 aromatic rings. The standard InChI is InChI=1S/C19H16F2N2O5/c1-22-18(25)16-9-23(14-4-2-3-5-15(14)28-16)17(24)10-27-19(26)12-7-6-11(20)8-13(12)21/h2-8,16H,9-10H2,1H3,(H,22,25). The summed E-state index contributed by atoms with van der Waals surface area (Å²) in [7, 11) is 1.44. The minimum absolute atomic E-state index is 0.0853. The number of carbonyl (C=O) groups is 3. The molecule has 2 aromatic carbocycles. The number of benzene rings is 2. The Balaban J connectivity index is 1.74. The number of hydrogen-bond acceptors (Lipinski definition) is 5. The van der Waals surface area contributed by atoms with Crippen molar-refractivity contribution in [1.29, 1.82) is 0 Å². The fraction of sp³-hybridized carbons (Fsp3) is 0.211. The summed E-state index contributed by atoms with van der Waals surface area (Å²) in [6, 6.07) is 8.98. The highest BCUT2D eigenvalue weighted by Gasteiger charge is 2.33. The maximum Gasteiger partial charge on any atom is 0.341 e. The van der Waals surface area contributed by atoms with Gasteiger partial charge in [-0.15, -0.1) is 0 Å². The zero-order chi connectivity index (χ0) is 20.3. The fourth-order valence-electron chi connectivity index (χ4n) is 2.71. The number of halogens is 2. The van der Waals surface area contributed by atoms with Crippen LogP contribution < -0.4 is 15.0 Å². The number of carbonyl (C=O) groups excluding carboxylic acids is 3. The van der Waals surface area contributed by atoms with Crippen LogP contribution in [0.3, 0.4) is 0 Å². The van der Waals surface area contributed by atoms with Gasteiger partial charge in [0, 0.05) is 13.1 Å². The average molecular weight is 390 g/mol. The first-order chi connectivity index (χ1) is 13.4. The van der Waals surface area contributed by atoms with Crippen LogP contribution in [0.5, 0.6) is 5.75 Å². The zero-order valence-corrected chi connectivity index (χ0v) is 14.8. The van der Waals surface area contributed by atoms with Crippen LogP contribution in [-0.2, 0) is 14.3 Å². The Morgan fingerprint density at radius 1 is 1.21 bits per heavy atom. The summed E-state index contributed by atoms with van der Waals surface area (Å²) < 4.78 is 37.1. The number of esters is 1. The Morgan fingerprint density at radius 2 is 1.96 bits per heavy atom. The van der Waals surface area contributed by atoms with Gasteiger partial charge in [-0.25, -0.2) is 13.6 Å². The van der Waals surface area contributed by atoms with Gasteiger partial charge in [0.15, 0.2) is 12.7 Å². The fourth-order valence-corrected chi connectivity index (χ4v) is 2.71. The van der Waals surface area contributed by atoms with Crippen molar-refractivity contribution in [3.63, 3.8) is 0 Å². The Bertz CT molecular complexity index is 934. The van der Waals surface area contributed by atoms with Crippen molar-refractivity contribution in [3.8, 4) is 5.75 Å². The lowest BCUT2D eigenvalue weighted by Crippen LogP contribution is -2.51. The van der Waals surface area contributed by atoms with E-state index < -0.39 is 47.7 Å². The molecule has 1 aliphatic rings. The van der Waals surface area contributed by atoms with Crippen molar-refractivity contribution in [2.24, 2.45) is 0 Å². The Morgan fingerprint density at radius 3 is 2.68 bits per heavy atom. The summed E-state index contributed by atoms with van der Waals surface area (Å²) in [5.74, 6) is -3.75. The first-order valence-electron chi connectivity index (χ1n) is 8.30. The molecule has 0 saturated carbocycles. The molecule has 0 saturated heterocycles. The van der Waals surface area contributed by atoms with E-state index in [0.717, 1.165) is 12.1 Å². The van der Waals surface area contributed by atoms with Gasteiger partial charge in [-0.3, -0.25) is 9.59 Å². The Kier molecular flexibility index (Phi) is 5.53. The second-order valence-corrected chi connectivity index (χ2v) is 5.89. The van der Waals surface area contributed by atoms with Gasteiger partial charge in [-0.1, -0.05) is 12.1 Å². The van der Waals surface area contributed by atoms with E-state index in [2.05, 4.69) is 5.32 Å². The van der Waals surface area contributed by atoms with Crippen molar-refractivity contribution in [2.45, 2.75) is 6.10 Å². The normalized spacial score (nSPS) is 15.2. The molecular formula is C19H16F2N2O5. The molecule has 1 unspecified atom stereocenters. The third-order valence-corrected chi connectivity index (χ3v) is 4.09. The third-order valence-electron chi connectivity index (χ3n) is 4.09. The molecule has 28 heavy (non-hydrogen) atoms. The number of rotatable bonds is 4. The molecule has 0 radical (unpaired) electrons. The van der Waals surface area contributed by atoms with Crippen LogP contribution in [0.2, 0.25) is 0 Å². The first-order valence-corrected chi connectivity index (χ1v) is 8.30. The summed E-state index contributed by atoms with van der Waals surface area (Å²) in [6.45, 7) is -0.775. The number of fused-ring (bicyclic) bond motifs is 1. The van der Waals surface area contributed by atoms with Crippen molar-refractivity contribution < 1.29 is 32.6 Å². The number of nitrogens with zero attached hydrogens (tertiary/aromatic N) is 1. The predicted molar refractivity (Wildman–Crippen MR) is 93.9 cm³/mol. The van der Waals surface area contributed by atoms with E-state index in [-0.39, 0.29) is 6.54 Å². The number of anilines is 1. The van der Waals surface area contributed by atoms with Gasteiger partial charge < -0.3 is 19.7 Å². The van der Waals surface area contributed by atoms with Crippen LogP contribution in [-0.4, -0.2) is 44.1 Å². The molecule has 0 bridgehead atoms. The molecular weight excluding hydrogens is 374 g/mol. The predicted octanol–water partition coefficient (Wildman–Crippen LogP) is 1.66. The summed E-state index contributed by atoms with van der Waals surface area (Å²) in [5, 5.41) is 2.45. The van der Waals surface area contributed by atoms with Gasteiger partial charge in [-0.05, 0) is 24.3 Å². The lowest BCUT2D eigenvalue weighted by atomic mass is 10.1. The van der Waals surface area contributed by atoms with Crippen LogP contribution in [0.1, 0.15) is 10.4 Å². The lowest BCUT2D eigenvalue weighted by molar-refractivity contribution is -0.128. The van der Waals surface area contributed by atoms with Crippen molar-refractivity contribution in [2.75, 3.05) is 25.1 Å². The SMILES string of the molecule is CNC(=O)C1CN(C(=O)COC(=O)c2ccc(F)cc2F)c2ccccc2O1. The quantitative estimate of drug-likeness (QED) is 0.803. The van der Waals surface area contributed by atoms with E-state index >= 15 is 0 Å². The minimum atomic E-state index is -1.10. The molecule has 1 N–H and O–H groups in total. The zero-order valence-electron chi connectivity index (χ0n) is 14.8. The Hall–Kier alpha value is -3.49. The van der Waals surface area contributed by atoms with Gasteiger partial charge in [-0.2, -0.15) is 0 Å². The summed E-state index contributed by atoms with van der Waals surface area (Å²) in [6.07, 6.45) is -0.936. The second kappa shape index (κ2) is 8.03. The van der Waals surface area contributed by atoms with Crippen LogP contribution in [0.4, 0.5) is 14.5 Å². The monoisotopic (exact) mass is 390 g/mol. The lowest BCUT2D eigenvalue weighted by Gasteiger charge is -2.33. The number of amides is 2. The van der Waals surface area contributed by atoms with Gasteiger partial charge in [0.2, 0.25) is 0 Å². The molecule has 9 heteroatoms. The van der Waals surface area contributed by atoms with Gasteiger partial charge in [0.05, 0.1) is 17.8 Å². The smallest absolute Gasteiger partial charge is 0.341 e. The highest BCUT2D eigenvalue weighted by Crippen LogP contribution is 2.33. The molecule has 0 aromatic heterocycles. The van der Waals surface area contributed by atoms with Crippen LogP contribution in [0.15, 0.2) is 42.5 Å². The van der Waals surface area contributed by atoms with Crippen molar-refractivity contribution in [1.82, 2.24) is 5.32 Å². The van der Waals surface area contributed by atoms with Crippen molar-refractivity contribution in [3.05, 3.63) is 59.7 Å². The van der Waals surface area contributed by atoms with E-state index in [9.17, 15) is 23.2 Å². The number of ether oxygens (including phenoxy) is 2. The molecule has 0 fully saturated rings. The molecule has 0 spiro atoms. The number of likely N-dealkylation sites (N-methyl/N-ethyl adjacent to an activating group) is 1. The van der Waals surface area contributed by atoms with Crippen molar-refractivity contribution >= 4 is 23.5 Å². The summed E-state index contributed by atoms with van der Waals surface area (Å²) in [5.41, 5.74) is -0.0727. The molecule has 7 nitrogen and oxygen atoms in total. The van der Waals surface area contributed by atoms with E-state index in [1.165, 1.54) is 11.9 Å². The molecule has 0 aliphatic carbocycles. The second-order valence-electron chi connectivity index (χ2n) is 5.89. The number of nitrogens with one attached hydrogen (secondary N) is 1. The molecule has 146 valence electrons. The number of hydrogen-bond donors (Lipinski definition) is 1. The molecule has 3 rings (SSSR count). The van der Waals surface area contributed by atoms with Crippen LogP contribution >= 0.6 is 0 Å². The largest absolute Gasteiger partial charge is 0.477 e. The topological polar surface area (TPSA) is 84.9 Å².